The van der Waals surface area contributed by atoms with Crippen LogP contribution in [0.25, 0.3) is 0 Å². The van der Waals surface area contributed by atoms with Crippen molar-refractivity contribution in [3.05, 3.63) is 24.3 Å². The molecule has 0 aromatic rings. The summed E-state index contributed by atoms with van der Waals surface area (Å²) in [5.74, 6) is -74.3. The summed E-state index contributed by atoms with van der Waals surface area (Å²) in [6.45, 7) is 7.41. The quantitative estimate of drug-likeness (QED) is 0.131. The summed E-state index contributed by atoms with van der Waals surface area (Å²) >= 11 is 0. The minimum absolute atomic E-state index is 0.154. The Morgan fingerprint density at radius 1 is 0.432 bits per heavy atom. The van der Waals surface area contributed by atoms with Gasteiger partial charge in [0.15, 0.2) is 0 Å². The molecule has 0 heterocycles. The molecule has 0 aliphatic rings. The van der Waals surface area contributed by atoms with Gasteiger partial charge < -0.3 is 9.47 Å². The number of rotatable bonds is 10. The van der Waals surface area contributed by atoms with Crippen LogP contribution in [0.5, 0.6) is 0 Å². The third kappa shape index (κ3) is 6.49. The van der Waals surface area contributed by atoms with E-state index in [2.05, 4.69) is 22.6 Å². The van der Waals surface area contributed by atoms with E-state index in [4.69, 9.17) is 0 Å². The monoisotopic (exact) mass is 704 g/mol. The summed E-state index contributed by atoms with van der Waals surface area (Å²) in [5, 5.41) is 0. The molecule has 0 radical (unpaired) electrons. The average Bonchev–Trinajstić information content (AvgIpc) is 2.81. The Morgan fingerprint density at radius 2 is 0.682 bits per heavy atom. The summed E-state index contributed by atoms with van der Waals surface area (Å²) < 4.78 is 282. The molecule has 0 amide bonds. The van der Waals surface area contributed by atoms with Crippen LogP contribution in [0.3, 0.4) is 0 Å². The van der Waals surface area contributed by atoms with Crippen LogP contribution in [0, 0.1) is 0 Å². The van der Waals surface area contributed by atoms with Crippen molar-refractivity contribution in [2.45, 2.75) is 73.5 Å². The number of alkyl halides is 21. The number of halogens is 21. The van der Waals surface area contributed by atoms with E-state index in [1.165, 1.54) is 7.11 Å². The molecule has 0 N–H and O–H groups in total. The molecule has 4 nitrogen and oxygen atoms in total. The smallest absolute Gasteiger partial charge is 0.466 e. The maximum absolute atomic E-state index is 14.0. The normalized spacial score (nSPS) is 15.8. The van der Waals surface area contributed by atoms with Crippen LogP contribution >= 0.6 is 0 Å². The number of esters is 2. The SMILES string of the molecule is C=C(C)C(=O)OC.C=C(C)C(=O)OC(F)(C(F)(F)F)C(F)(F)C(F)(F)C(F)(F)C(F)(F)C(F)(F)C(F)(F)C(F)(F)C(F)(F)F. The minimum Gasteiger partial charge on any atom is -0.466 e. The second kappa shape index (κ2) is 12.0. The van der Waals surface area contributed by atoms with Crippen LogP contribution in [0.4, 0.5) is 92.2 Å². The molecule has 0 saturated carbocycles. The van der Waals surface area contributed by atoms with Gasteiger partial charge in [-0.15, -0.1) is 0 Å². The third-order valence-corrected chi connectivity index (χ3v) is 4.61. The molecule has 0 aliphatic heterocycles. The number of hydrogen-bond acceptors (Lipinski definition) is 4. The number of carbonyl (C=O) groups is 2. The largest absolute Gasteiger partial charge is 0.467 e. The predicted molar refractivity (Wildman–Crippen MR) is 98.3 cm³/mol. The van der Waals surface area contributed by atoms with Gasteiger partial charge in [-0.25, -0.2) is 9.59 Å². The van der Waals surface area contributed by atoms with E-state index in [1.54, 1.807) is 6.92 Å². The van der Waals surface area contributed by atoms with Gasteiger partial charge in [0.1, 0.15) is 0 Å². The Bertz CT molecular complexity index is 1100. The average molecular weight is 704 g/mol. The highest BCUT2D eigenvalue weighted by Crippen LogP contribution is 2.66. The molecule has 44 heavy (non-hydrogen) atoms. The van der Waals surface area contributed by atoms with Crippen molar-refractivity contribution < 1.29 is 111 Å². The van der Waals surface area contributed by atoms with E-state index in [9.17, 15) is 102 Å². The number of methoxy groups -OCH3 is 1. The molecule has 0 bridgehead atoms. The molecule has 1 unspecified atom stereocenters. The number of ether oxygens (including phenoxy) is 2. The summed E-state index contributed by atoms with van der Waals surface area (Å²) in [4.78, 5) is 21.1. The fourth-order valence-electron chi connectivity index (χ4n) is 2.05. The highest BCUT2D eigenvalue weighted by molar-refractivity contribution is 5.87. The lowest BCUT2D eigenvalue weighted by atomic mass is 9.87. The summed E-state index contributed by atoms with van der Waals surface area (Å²) in [6.07, 6.45) is -15.9. The van der Waals surface area contributed by atoms with Crippen LogP contribution in [0.15, 0.2) is 24.3 Å². The predicted octanol–water partition coefficient (Wildman–Crippen LogP) is 8.08. The fourth-order valence-corrected chi connectivity index (χ4v) is 2.05. The van der Waals surface area contributed by atoms with Crippen molar-refractivity contribution in [1.82, 2.24) is 0 Å². The van der Waals surface area contributed by atoms with Crippen LogP contribution < -0.4 is 0 Å². The molecule has 0 aromatic carbocycles. The molecule has 0 rings (SSSR count). The highest BCUT2D eigenvalue weighted by Gasteiger charge is 2.98. The van der Waals surface area contributed by atoms with Crippen LogP contribution in [0.2, 0.25) is 0 Å². The van der Waals surface area contributed by atoms with Crippen molar-refractivity contribution in [2.75, 3.05) is 7.11 Å². The van der Waals surface area contributed by atoms with Crippen molar-refractivity contribution in [3.8, 4) is 0 Å². The van der Waals surface area contributed by atoms with E-state index in [-0.39, 0.29) is 12.9 Å². The van der Waals surface area contributed by atoms with Gasteiger partial charge in [-0.2, -0.15) is 92.2 Å². The molecular weight excluding hydrogens is 691 g/mol. The van der Waals surface area contributed by atoms with Crippen LogP contribution in [-0.2, 0) is 19.1 Å². The molecule has 0 aromatic heterocycles. The van der Waals surface area contributed by atoms with Gasteiger partial charge in [0.05, 0.1) is 7.11 Å². The van der Waals surface area contributed by atoms with Crippen molar-refractivity contribution in [1.29, 1.82) is 0 Å². The first-order valence-corrected chi connectivity index (χ1v) is 9.85. The van der Waals surface area contributed by atoms with E-state index in [0.29, 0.717) is 5.57 Å². The third-order valence-electron chi connectivity index (χ3n) is 4.61. The molecule has 1 atom stereocenters. The fraction of sp³-hybridized carbons (Fsp3) is 0.684. The van der Waals surface area contributed by atoms with Crippen molar-refractivity contribution in [3.63, 3.8) is 0 Å². The van der Waals surface area contributed by atoms with Gasteiger partial charge in [0.25, 0.3) is 0 Å². The van der Waals surface area contributed by atoms with E-state index >= 15 is 0 Å². The zero-order valence-electron chi connectivity index (χ0n) is 21.0. The second-order valence-corrected chi connectivity index (χ2v) is 8.05. The number of hydrogen-bond donors (Lipinski definition) is 0. The molecule has 0 saturated heterocycles. The zero-order valence-corrected chi connectivity index (χ0v) is 21.0. The van der Waals surface area contributed by atoms with Gasteiger partial charge in [-0.1, -0.05) is 13.2 Å². The molecule has 0 fully saturated rings. The lowest BCUT2D eigenvalue weighted by Crippen LogP contribution is -2.77. The molecular formula is C19H13F21O4. The minimum atomic E-state index is -9.25. The first-order valence-electron chi connectivity index (χ1n) is 9.85. The lowest BCUT2D eigenvalue weighted by molar-refractivity contribution is -0.484. The second-order valence-electron chi connectivity index (χ2n) is 8.05. The standard InChI is InChI=1S/C14H5F21O2.C5H8O2/c1-3(2)4(36)37-12(29,14(33,34)35)10(25,26)8(21,22)6(17,18)5(15,16)7(19,20)9(23,24)11(27,28)13(30,31)32;1-4(2)5(6)7-3/h1H2,2H3;1H2,2-3H3. The van der Waals surface area contributed by atoms with Crippen LogP contribution in [-0.4, -0.2) is 78.7 Å². The highest BCUT2D eigenvalue weighted by atomic mass is 19.4. The Morgan fingerprint density at radius 3 is 0.864 bits per heavy atom. The van der Waals surface area contributed by atoms with Gasteiger partial charge >= 0.3 is 71.6 Å². The Kier molecular flexibility index (Phi) is 11.8. The topological polar surface area (TPSA) is 52.6 Å². The molecule has 25 heteroatoms. The Labute approximate surface area is 229 Å². The van der Waals surface area contributed by atoms with Crippen LogP contribution in [0.1, 0.15) is 13.8 Å². The summed E-state index contributed by atoms with van der Waals surface area (Å²) in [7, 11) is 1.33. The summed E-state index contributed by atoms with van der Waals surface area (Å²) in [6, 6.07) is 0. The molecule has 260 valence electrons. The van der Waals surface area contributed by atoms with E-state index in [1.807, 2.05) is 0 Å². The first-order chi connectivity index (χ1) is 18.8. The van der Waals surface area contributed by atoms with E-state index < -0.39 is 71.2 Å². The molecule has 0 aliphatic carbocycles. The maximum Gasteiger partial charge on any atom is 0.467 e. The van der Waals surface area contributed by atoms with Gasteiger partial charge in [0.2, 0.25) is 0 Å². The van der Waals surface area contributed by atoms with Gasteiger partial charge in [-0.3, -0.25) is 0 Å². The van der Waals surface area contributed by atoms with Crippen molar-refractivity contribution in [2.24, 2.45) is 0 Å². The summed E-state index contributed by atoms with van der Waals surface area (Å²) in [5.41, 5.74) is -1.19. The first kappa shape index (κ1) is 43.1. The molecule has 0 spiro atoms. The maximum atomic E-state index is 14.0. The van der Waals surface area contributed by atoms with Gasteiger partial charge in [-0.05, 0) is 13.8 Å². The van der Waals surface area contributed by atoms with E-state index in [0.717, 1.165) is 0 Å². The Hall–Kier alpha value is -3.05. The zero-order chi connectivity index (χ0) is 36.7. The lowest BCUT2D eigenvalue weighted by Gasteiger charge is -2.44. The van der Waals surface area contributed by atoms with Gasteiger partial charge in [0, 0.05) is 11.1 Å². The Balaban J connectivity index is 0. The number of carbonyl (C=O) groups excluding carboxylic acids is 2. The van der Waals surface area contributed by atoms with Crippen molar-refractivity contribution >= 4 is 11.9 Å².